The molecule has 1 aliphatic heterocycles. The fourth-order valence-electron chi connectivity index (χ4n) is 3.44. The van der Waals surface area contributed by atoms with Gasteiger partial charge in [0.15, 0.2) is 5.82 Å². The van der Waals surface area contributed by atoms with E-state index in [2.05, 4.69) is 5.10 Å². The Morgan fingerprint density at radius 2 is 1.84 bits per heavy atom. The smallest absolute Gasteiger partial charge is 0.292 e. The number of hydrogen-bond acceptors (Lipinski definition) is 5. The van der Waals surface area contributed by atoms with Crippen LogP contribution < -0.4 is 4.90 Å². The molecule has 0 spiro atoms. The van der Waals surface area contributed by atoms with Crippen molar-refractivity contribution in [1.82, 2.24) is 9.19 Å². The van der Waals surface area contributed by atoms with Crippen LogP contribution in [-0.2, 0) is 15.9 Å². The van der Waals surface area contributed by atoms with Gasteiger partial charge in [0.1, 0.15) is 6.10 Å². The van der Waals surface area contributed by atoms with Crippen LogP contribution in [0, 0.1) is 0 Å². The van der Waals surface area contributed by atoms with Crippen molar-refractivity contribution >= 4 is 38.3 Å². The minimum Gasteiger partial charge on any atom is -0.385 e. The summed E-state index contributed by atoms with van der Waals surface area (Å²) in [5.41, 5.74) is -0.342. The topological polar surface area (TPSA) is 75.4 Å². The number of aromatic nitrogens is 2. The Balaban J connectivity index is 1.86. The molecule has 1 fully saturated rings. The number of nitrogens with zero attached hydrogens (tertiary/aromatic N) is 3. The normalized spacial score (nSPS) is 19.3. The minimum absolute atomic E-state index is 0.0251. The van der Waals surface area contributed by atoms with Gasteiger partial charge < -0.3 is 10.0 Å². The predicted octanol–water partition coefficient (Wildman–Crippen LogP) is 3.85. The maximum atomic E-state index is 13.9. The molecule has 1 saturated heterocycles. The van der Waals surface area contributed by atoms with E-state index in [0.717, 1.165) is 29.2 Å². The lowest BCUT2D eigenvalue weighted by molar-refractivity contribution is -0.0712. The summed E-state index contributed by atoms with van der Waals surface area (Å²) < 4.78 is 81.7. The molecule has 0 saturated carbocycles. The van der Waals surface area contributed by atoms with E-state index in [-0.39, 0.29) is 32.2 Å². The van der Waals surface area contributed by atoms with Gasteiger partial charge in [0.25, 0.3) is 21.9 Å². The van der Waals surface area contributed by atoms with Crippen molar-refractivity contribution in [3.8, 4) is 0 Å². The summed E-state index contributed by atoms with van der Waals surface area (Å²) in [6, 6.07) is 8.34. The van der Waals surface area contributed by atoms with E-state index in [0.29, 0.717) is 11.0 Å². The van der Waals surface area contributed by atoms with E-state index in [4.69, 9.17) is 11.6 Å². The maximum absolute atomic E-state index is 13.9. The van der Waals surface area contributed by atoms with Crippen molar-refractivity contribution in [1.29, 1.82) is 0 Å². The van der Waals surface area contributed by atoms with Crippen LogP contribution in [0.1, 0.15) is 12.5 Å². The first-order valence-corrected chi connectivity index (χ1v) is 10.9. The summed E-state index contributed by atoms with van der Waals surface area (Å²) in [5, 5.41) is 13.9. The molecule has 1 aliphatic rings. The van der Waals surface area contributed by atoms with Crippen LogP contribution in [-0.4, -0.2) is 47.8 Å². The van der Waals surface area contributed by atoms with Crippen molar-refractivity contribution < 1.29 is 31.1 Å². The number of alkyl halides is 4. The highest BCUT2D eigenvalue weighted by atomic mass is 35.5. The highest BCUT2D eigenvalue weighted by Crippen LogP contribution is 2.38. The lowest BCUT2D eigenvalue weighted by Gasteiger charge is -2.15. The zero-order valence-corrected chi connectivity index (χ0v) is 17.5. The Hall–Kier alpha value is -2.37. The number of halogens is 5. The molecule has 0 amide bonds. The number of aliphatic hydroxyl groups is 1. The van der Waals surface area contributed by atoms with Crippen LogP contribution in [0.3, 0.4) is 0 Å². The zero-order valence-electron chi connectivity index (χ0n) is 15.9. The van der Waals surface area contributed by atoms with Gasteiger partial charge in [-0.1, -0.05) is 29.8 Å². The molecule has 6 nitrogen and oxygen atoms in total. The first-order valence-electron chi connectivity index (χ1n) is 9.04. The van der Waals surface area contributed by atoms with Crippen molar-refractivity contribution in [3.05, 3.63) is 53.1 Å². The molecular formula is C19H16ClF4N3O3S. The molecule has 0 radical (unpaired) electrons. The first-order chi connectivity index (χ1) is 14.3. The minimum atomic E-state index is -4.37. The maximum Gasteiger partial charge on any atom is 0.292 e. The van der Waals surface area contributed by atoms with Crippen molar-refractivity contribution in [2.24, 2.45) is 0 Å². The molecule has 2 heterocycles. The van der Waals surface area contributed by atoms with E-state index in [1.54, 1.807) is 0 Å². The largest absolute Gasteiger partial charge is 0.385 e. The number of anilines is 1. The van der Waals surface area contributed by atoms with E-state index in [1.807, 2.05) is 0 Å². The van der Waals surface area contributed by atoms with Crippen molar-refractivity contribution in [2.45, 2.75) is 29.8 Å². The molecule has 1 N–H and O–H groups in total. The van der Waals surface area contributed by atoms with Gasteiger partial charge >= 0.3 is 0 Å². The molecule has 2 aromatic carbocycles. The molecule has 31 heavy (non-hydrogen) atoms. The Bertz CT molecular complexity index is 1260. The number of fused-ring (bicyclic) bond motifs is 1. The summed E-state index contributed by atoms with van der Waals surface area (Å²) in [5.74, 6) is -6.68. The van der Waals surface area contributed by atoms with Gasteiger partial charge in [-0.3, -0.25) is 0 Å². The predicted molar refractivity (Wildman–Crippen MR) is 107 cm³/mol. The average molecular weight is 478 g/mol. The Labute approximate surface area is 179 Å². The molecule has 166 valence electrons. The molecular weight excluding hydrogens is 462 g/mol. The van der Waals surface area contributed by atoms with Gasteiger partial charge in [-0.2, -0.15) is 12.5 Å². The fraction of sp³-hybridized carbons (Fsp3) is 0.316. The molecule has 1 unspecified atom stereocenters. The van der Waals surface area contributed by atoms with Crippen molar-refractivity contribution in [3.63, 3.8) is 0 Å². The van der Waals surface area contributed by atoms with Crippen LogP contribution >= 0.6 is 11.6 Å². The molecule has 1 aromatic heterocycles. The summed E-state index contributed by atoms with van der Waals surface area (Å²) in [4.78, 5) is 0.745. The number of aliphatic hydroxyl groups excluding tert-OH is 1. The lowest BCUT2D eigenvalue weighted by atomic mass is 10.1. The second-order valence-electron chi connectivity index (χ2n) is 7.38. The van der Waals surface area contributed by atoms with Gasteiger partial charge in [0.05, 0.1) is 33.9 Å². The lowest BCUT2D eigenvalue weighted by Crippen LogP contribution is -2.31. The second-order valence-corrected chi connectivity index (χ2v) is 9.55. The second kappa shape index (κ2) is 7.07. The molecule has 4 rings (SSSR count). The number of β-amino-alcohol motifs (C(OH)–C–C–N with tert-alkyl or cyclic N) is 1. The fourth-order valence-corrected chi connectivity index (χ4v) is 4.97. The van der Waals surface area contributed by atoms with Crippen LogP contribution in [0.5, 0.6) is 0 Å². The Kier molecular flexibility index (Phi) is 4.99. The van der Waals surface area contributed by atoms with Crippen molar-refractivity contribution in [2.75, 3.05) is 18.0 Å². The molecule has 0 aliphatic carbocycles. The Morgan fingerprint density at radius 3 is 2.39 bits per heavy atom. The highest BCUT2D eigenvalue weighted by molar-refractivity contribution is 7.90. The van der Waals surface area contributed by atoms with Gasteiger partial charge in [-0.05, 0) is 24.3 Å². The standard InChI is InChI=1S/C19H16ClF4N3O3S/c1-18(21,22)11-5-7-12(8-6-11)31(29,30)27-14-4-2-3-13(20)16(14)17(25-27)26-9-15(28)19(23,24)10-26/h2-8,15,28H,9-10H2,1H3. The molecule has 0 bridgehead atoms. The number of hydrogen-bond donors (Lipinski definition) is 1. The quantitative estimate of drug-likeness (QED) is 0.578. The van der Waals surface area contributed by atoms with Gasteiger partial charge in [-0.15, -0.1) is 5.10 Å². The van der Waals surface area contributed by atoms with Crippen LogP contribution in [0.15, 0.2) is 47.4 Å². The molecule has 1 atom stereocenters. The van der Waals surface area contributed by atoms with E-state index < -0.39 is 41.1 Å². The summed E-state index contributed by atoms with van der Waals surface area (Å²) in [6.07, 6.45) is -1.95. The SMILES string of the molecule is CC(F)(F)c1ccc(S(=O)(=O)n2nc(N3CC(O)C(F)(F)C3)c3c(Cl)cccc32)cc1. The zero-order chi connectivity index (χ0) is 22.8. The highest BCUT2D eigenvalue weighted by Gasteiger charge is 2.48. The average Bonchev–Trinajstić information content (AvgIpc) is 3.20. The molecule has 3 aromatic rings. The Morgan fingerprint density at radius 1 is 1.19 bits per heavy atom. The van der Waals surface area contributed by atoms with Gasteiger partial charge in [0.2, 0.25) is 0 Å². The van der Waals surface area contributed by atoms with E-state index in [9.17, 15) is 31.1 Å². The van der Waals surface area contributed by atoms with Gasteiger partial charge in [0, 0.05) is 12.5 Å². The summed E-state index contributed by atoms with van der Waals surface area (Å²) in [7, 11) is -4.37. The first kappa shape index (κ1) is 21.8. The number of benzene rings is 2. The van der Waals surface area contributed by atoms with Gasteiger partial charge in [-0.25, -0.2) is 17.6 Å². The monoisotopic (exact) mass is 477 g/mol. The summed E-state index contributed by atoms with van der Waals surface area (Å²) in [6.45, 7) is -0.650. The number of rotatable bonds is 4. The van der Waals surface area contributed by atoms with Crippen LogP contribution in [0.4, 0.5) is 23.4 Å². The molecule has 12 heteroatoms. The van der Waals surface area contributed by atoms with E-state index in [1.165, 1.54) is 18.2 Å². The van der Waals surface area contributed by atoms with Crippen LogP contribution in [0.25, 0.3) is 10.9 Å². The third-order valence-electron chi connectivity index (χ3n) is 5.08. The summed E-state index contributed by atoms with van der Waals surface area (Å²) >= 11 is 6.22. The third kappa shape index (κ3) is 3.64. The third-order valence-corrected chi connectivity index (χ3v) is 6.99. The van der Waals surface area contributed by atoms with Crippen LogP contribution in [0.2, 0.25) is 5.02 Å². The van der Waals surface area contributed by atoms with E-state index >= 15 is 0 Å².